The van der Waals surface area contributed by atoms with Gasteiger partial charge < -0.3 is 14.9 Å². The number of aliphatic imine (C=N–C) groups is 2. The van der Waals surface area contributed by atoms with Crippen LogP contribution in [0.2, 0.25) is 0 Å². The van der Waals surface area contributed by atoms with Crippen LogP contribution in [-0.2, 0) is 24.0 Å². The highest BCUT2D eigenvalue weighted by atomic mass is 32.2. The standard InChI is InChI=1S/C27H34N2O3S/c1-3-19-7-9-20(10-8-19)11-12-21-5-4-6-24(28-2)26(21)29-25-14-16-32-27(25)15-13-22(31)17-23(18-30)33-27/h4-10,22-23,30-31H,2-3,11-18H2,1H3/t22?,23?,27-/m1/s1. The minimum absolute atomic E-state index is 0.0208. The van der Waals surface area contributed by atoms with Crippen molar-refractivity contribution < 1.29 is 14.9 Å². The molecular formula is C27H34N2O3S. The highest BCUT2D eigenvalue weighted by Crippen LogP contribution is 2.46. The summed E-state index contributed by atoms with van der Waals surface area (Å²) in [4.78, 5) is 8.83. The Balaban J connectivity index is 1.63. The number of para-hydroxylation sites is 1. The second kappa shape index (κ2) is 11.0. The Hall–Kier alpha value is -1.99. The molecule has 2 fully saturated rings. The predicted molar refractivity (Wildman–Crippen MR) is 138 cm³/mol. The quantitative estimate of drug-likeness (QED) is 0.551. The second-order valence-corrected chi connectivity index (χ2v) is 10.4. The number of aliphatic hydroxyl groups is 2. The molecule has 3 atom stereocenters. The van der Waals surface area contributed by atoms with E-state index in [-0.39, 0.29) is 11.9 Å². The van der Waals surface area contributed by atoms with Crippen LogP contribution in [0.5, 0.6) is 0 Å². The summed E-state index contributed by atoms with van der Waals surface area (Å²) < 4.78 is 6.25. The van der Waals surface area contributed by atoms with Gasteiger partial charge in [0.25, 0.3) is 0 Å². The fourth-order valence-electron chi connectivity index (χ4n) is 4.70. The molecule has 2 aliphatic rings. The van der Waals surface area contributed by atoms with Gasteiger partial charge in [0.05, 0.1) is 36.4 Å². The molecule has 0 saturated carbocycles. The summed E-state index contributed by atoms with van der Waals surface area (Å²) in [6.07, 6.45) is 5.07. The summed E-state index contributed by atoms with van der Waals surface area (Å²) in [5.74, 6) is 0. The van der Waals surface area contributed by atoms with Crippen molar-refractivity contribution in [1.29, 1.82) is 0 Å². The lowest BCUT2D eigenvalue weighted by molar-refractivity contribution is 0.0836. The van der Waals surface area contributed by atoms with Gasteiger partial charge in [-0.2, -0.15) is 0 Å². The molecule has 2 N–H and O–H groups in total. The number of hydrogen-bond acceptors (Lipinski definition) is 6. The molecule has 0 aliphatic carbocycles. The predicted octanol–water partition coefficient (Wildman–Crippen LogP) is 5.19. The Bertz CT molecular complexity index is 991. The molecule has 2 saturated heterocycles. The molecule has 2 aromatic carbocycles. The van der Waals surface area contributed by atoms with Crippen LogP contribution >= 0.6 is 11.8 Å². The van der Waals surface area contributed by atoms with E-state index in [0.717, 1.165) is 48.3 Å². The zero-order valence-electron chi connectivity index (χ0n) is 19.4. The molecule has 0 radical (unpaired) electrons. The van der Waals surface area contributed by atoms with Gasteiger partial charge in [-0.3, -0.25) is 9.98 Å². The Morgan fingerprint density at radius 1 is 1.15 bits per heavy atom. The Morgan fingerprint density at radius 2 is 1.94 bits per heavy atom. The molecule has 6 heteroatoms. The van der Waals surface area contributed by atoms with Crippen molar-refractivity contribution in [2.24, 2.45) is 9.98 Å². The first kappa shape index (κ1) is 24.1. The first-order valence-electron chi connectivity index (χ1n) is 11.9. The van der Waals surface area contributed by atoms with Crippen molar-refractivity contribution >= 4 is 35.6 Å². The fraction of sp³-hybridized carbons (Fsp3) is 0.481. The van der Waals surface area contributed by atoms with Crippen LogP contribution in [-0.4, -0.2) is 52.1 Å². The van der Waals surface area contributed by atoms with E-state index in [1.54, 1.807) is 11.8 Å². The van der Waals surface area contributed by atoms with Gasteiger partial charge in [-0.1, -0.05) is 43.3 Å². The van der Waals surface area contributed by atoms with Crippen LogP contribution in [0, 0.1) is 0 Å². The first-order valence-corrected chi connectivity index (χ1v) is 12.8. The van der Waals surface area contributed by atoms with Crippen LogP contribution < -0.4 is 0 Å². The van der Waals surface area contributed by atoms with Crippen molar-refractivity contribution in [3.8, 4) is 0 Å². The maximum Gasteiger partial charge on any atom is 0.152 e. The van der Waals surface area contributed by atoms with E-state index in [1.165, 1.54) is 11.1 Å². The number of hydrogen-bond donors (Lipinski definition) is 2. The van der Waals surface area contributed by atoms with E-state index in [9.17, 15) is 10.2 Å². The monoisotopic (exact) mass is 466 g/mol. The normalized spacial score (nSPS) is 26.6. The summed E-state index contributed by atoms with van der Waals surface area (Å²) in [6, 6.07) is 14.9. The van der Waals surface area contributed by atoms with Gasteiger partial charge in [0, 0.05) is 11.7 Å². The average molecular weight is 467 g/mol. The maximum absolute atomic E-state index is 10.3. The van der Waals surface area contributed by atoms with Gasteiger partial charge in [-0.15, -0.1) is 11.8 Å². The number of rotatable bonds is 7. The van der Waals surface area contributed by atoms with Crippen LogP contribution in [0.15, 0.2) is 52.4 Å². The molecule has 0 aromatic heterocycles. The number of aliphatic hydroxyl groups excluding tert-OH is 2. The van der Waals surface area contributed by atoms with Crippen molar-refractivity contribution in [2.45, 2.75) is 68.2 Å². The van der Waals surface area contributed by atoms with Gasteiger partial charge in [0.15, 0.2) is 4.93 Å². The largest absolute Gasteiger partial charge is 0.395 e. The molecule has 2 aliphatic heterocycles. The third-order valence-corrected chi connectivity index (χ3v) is 8.26. The van der Waals surface area contributed by atoms with E-state index >= 15 is 0 Å². The van der Waals surface area contributed by atoms with Crippen LogP contribution in [0.4, 0.5) is 11.4 Å². The summed E-state index contributed by atoms with van der Waals surface area (Å²) in [5.41, 5.74) is 6.42. The Kier molecular flexibility index (Phi) is 8.02. The average Bonchev–Trinajstić information content (AvgIpc) is 3.14. The van der Waals surface area contributed by atoms with E-state index < -0.39 is 11.0 Å². The molecule has 2 aromatic rings. The topological polar surface area (TPSA) is 74.4 Å². The first-order chi connectivity index (χ1) is 16.1. The van der Waals surface area contributed by atoms with Crippen LogP contribution in [0.1, 0.15) is 49.3 Å². The second-order valence-electron chi connectivity index (χ2n) is 8.87. The Morgan fingerprint density at radius 3 is 2.67 bits per heavy atom. The molecule has 2 heterocycles. The van der Waals surface area contributed by atoms with Crippen molar-refractivity contribution in [3.63, 3.8) is 0 Å². The van der Waals surface area contributed by atoms with E-state index in [4.69, 9.17) is 9.73 Å². The number of nitrogens with zero attached hydrogens (tertiary/aromatic N) is 2. The molecule has 1 spiro atoms. The lowest BCUT2D eigenvalue weighted by atomic mass is 10.00. The SMILES string of the molecule is C=Nc1cccc(CCc2ccc(CC)cc2)c1N=C1CCO[C@@]12CCC(O)CC(CO)S2. The zero-order valence-corrected chi connectivity index (χ0v) is 20.2. The molecule has 176 valence electrons. The van der Waals surface area contributed by atoms with Crippen LogP contribution in [0.3, 0.4) is 0 Å². The zero-order chi connectivity index (χ0) is 23.3. The molecule has 33 heavy (non-hydrogen) atoms. The molecule has 2 unspecified atom stereocenters. The van der Waals surface area contributed by atoms with E-state index in [0.29, 0.717) is 25.9 Å². The highest BCUT2D eigenvalue weighted by Gasteiger charge is 2.46. The maximum atomic E-state index is 10.3. The summed E-state index contributed by atoms with van der Waals surface area (Å²) in [6.45, 7) is 6.57. The number of thioether (sulfide) groups is 1. The third kappa shape index (κ3) is 5.57. The van der Waals surface area contributed by atoms with Gasteiger partial charge >= 0.3 is 0 Å². The van der Waals surface area contributed by atoms with Crippen LogP contribution in [0.25, 0.3) is 0 Å². The number of aryl methyl sites for hydroxylation is 3. The number of benzene rings is 2. The van der Waals surface area contributed by atoms with Gasteiger partial charge in [0.2, 0.25) is 0 Å². The molecule has 0 amide bonds. The van der Waals surface area contributed by atoms with E-state index in [2.05, 4.69) is 49.0 Å². The lowest BCUT2D eigenvalue weighted by Crippen LogP contribution is -2.34. The fourth-order valence-corrected chi connectivity index (χ4v) is 6.31. The molecular weight excluding hydrogens is 432 g/mol. The minimum Gasteiger partial charge on any atom is -0.395 e. The summed E-state index contributed by atoms with van der Waals surface area (Å²) in [7, 11) is 0. The molecule has 0 bridgehead atoms. The van der Waals surface area contributed by atoms with E-state index in [1.807, 2.05) is 12.1 Å². The highest BCUT2D eigenvalue weighted by molar-refractivity contribution is 8.01. The third-order valence-electron chi connectivity index (χ3n) is 6.65. The van der Waals surface area contributed by atoms with Gasteiger partial charge in [-0.05, 0) is 68.0 Å². The van der Waals surface area contributed by atoms with Crippen molar-refractivity contribution in [1.82, 2.24) is 0 Å². The van der Waals surface area contributed by atoms with Gasteiger partial charge in [-0.25, -0.2) is 0 Å². The molecule has 5 nitrogen and oxygen atoms in total. The lowest BCUT2D eigenvalue weighted by Gasteiger charge is -2.29. The Labute approximate surface area is 201 Å². The summed E-state index contributed by atoms with van der Waals surface area (Å²) >= 11 is 1.62. The van der Waals surface area contributed by atoms with Crippen molar-refractivity contribution in [3.05, 3.63) is 59.2 Å². The molecule has 4 rings (SSSR count). The minimum atomic E-state index is -0.591. The smallest absolute Gasteiger partial charge is 0.152 e. The van der Waals surface area contributed by atoms with Gasteiger partial charge in [0.1, 0.15) is 0 Å². The van der Waals surface area contributed by atoms with Crippen molar-refractivity contribution in [2.75, 3.05) is 13.2 Å². The number of ether oxygens (including phenoxy) is 1. The summed E-state index contributed by atoms with van der Waals surface area (Å²) in [5, 5.41) is 20.1.